The maximum atomic E-state index is 11.9. The van der Waals surface area contributed by atoms with Crippen LogP contribution in [0.15, 0.2) is 24.3 Å². The Labute approximate surface area is 108 Å². The van der Waals surface area contributed by atoms with E-state index in [0.29, 0.717) is 6.61 Å². The molecule has 4 heteroatoms. The topological polar surface area (TPSA) is 50.4 Å². The summed E-state index contributed by atoms with van der Waals surface area (Å²) in [5, 5.41) is 6.13. The fourth-order valence-corrected chi connectivity index (χ4v) is 2.01. The molecular weight excluding hydrogens is 228 g/mol. The molecule has 0 radical (unpaired) electrons. The Balaban J connectivity index is 1.93. The lowest BCUT2D eigenvalue weighted by atomic mass is 10.1. The largest absolute Gasteiger partial charge is 0.494 e. The van der Waals surface area contributed by atoms with Crippen LogP contribution >= 0.6 is 0 Å². The molecule has 1 aromatic carbocycles. The molecule has 98 valence electrons. The smallest absolute Gasteiger partial charge is 0.228 e. The maximum Gasteiger partial charge on any atom is 0.228 e. The van der Waals surface area contributed by atoms with Crippen molar-refractivity contribution in [2.24, 2.45) is 5.92 Å². The van der Waals surface area contributed by atoms with Crippen molar-refractivity contribution in [1.29, 1.82) is 0 Å². The lowest BCUT2D eigenvalue weighted by molar-refractivity contribution is -0.119. The number of carbonyl (C=O) groups excluding carboxylic acids is 1. The number of benzene rings is 1. The Morgan fingerprint density at radius 2 is 2.44 bits per heavy atom. The molecular formula is C14H20N2O2. The van der Waals surface area contributed by atoms with Crippen molar-refractivity contribution in [3.8, 4) is 5.75 Å². The van der Waals surface area contributed by atoms with E-state index in [1.165, 1.54) is 0 Å². The first-order chi connectivity index (χ1) is 8.79. The number of hydrogen-bond donors (Lipinski definition) is 2. The summed E-state index contributed by atoms with van der Waals surface area (Å²) < 4.78 is 5.54. The van der Waals surface area contributed by atoms with E-state index >= 15 is 0 Å². The minimum atomic E-state index is 0.0882. The van der Waals surface area contributed by atoms with Crippen molar-refractivity contribution >= 4 is 11.6 Å². The molecule has 1 fully saturated rings. The summed E-state index contributed by atoms with van der Waals surface area (Å²) >= 11 is 0. The van der Waals surface area contributed by atoms with Crippen molar-refractivity contribution in [3.05, 3.63) is 24.3 Å². The number of carbonyl (C=O) groups is 1. The van der Waals surface area contributed by atoms with Gasteiger partial charge in [-0.1, -0.05) is 13.0 Å². The van der Waals surface area contributed by atoms with Gasteiger partial charge in [0.25, 0.3) is 0 Å². The van der Waals surface area contributed by atoms with Crippen LogP contribution in [0.2, 0.25) is 0 Å². The van der Waals surface area contributed by atoms with Gasteiger partial charge < -0.3 is 15.4 Å². The van der Waals surface area contributed by atoms with Crippen molar-refractivity contribution in [2.45, 2.75) is 19.8 Å². The van der Waals surface area contributed by atoms with Gasteiger partial charge in [-0.3, -0.25) is 4.79 Å². The van der Waals surface area contributed by atoms with E-state index in [0.717, 1.165) is 37.4 Å². The number of rotatable bonds is 5. The third-order valence-electron chi connectivity index (χ3n) is 3.01. The predicted octanol–water partition coefficient (Wildman–Crippen LogP) is 2.02. The van der Waals surface area contributed by atoms with Gasteiger partial charge in [-0.15, -0.1) is 0 Å². The normalized spacial score (nSPS) is 18.6. The monoisotopic (exact) mass is 248 g/mol. The summed E-state index contributed by atoms with van der Waals surface area (Å²) in [5.74, 6) is 0.983. The zero-order valence-corrected chi connectivity index (χ0v) is 10.7. The molecule has 0 saturated carbocycles. The van der Waals surface area contributed by atoms with Crippen LogP contribution in [-0.4, -0.2) is 25.6 Å². The molecule has 1 amide bonds. The van der Waals surface area contributed by atoms with Crippen LogP contribution in [0.5, 0.6) is 5.75 Å². The summed E-state index contributed by atoms with van der Waals surface area (Å²) in [7, 11) is 0. The molecule has 0 aliphatic carbocycles. The number of hydrogen-bond acceptors (Lipinski definition) is 3. The molecule has 2 N–H and O–H groups in total. The van der Waals surface area contributed by atoms with E-state index in [2.05, 4.69) is 17.6 Å². The van der Waals surface area contributed by atoms with Gasteiger partial charge in [-0.2, -0.15) is 0 Å². The number of anilines is 1. The summed E-state index contributed by atoms with van der Waals surface area (Å²) in [4.78, 5) is 11.9. The second-order valence-corrected chi connectivity index (χ2v) is 4.56. The zero-order chi connectivity index (χ0) is 12.8. The molecule has 18 heavy (non-hydrogen) atoms. The van der Waals surface area contributed by atoms with Crippen LogP contribution in [0.25, 0.3) is 0 Å². The Morgan fingerprint density at radius 1 is 1.56 bits per heavy atom. The predicted molar refractivity (Wildman–Crippen MR) is 71.8 cm³/mol. The molecule has 2 rings (SSSR count). The molecule has 1 heterocycles. The average Bonchev–Trinajstić information content (AvgIpc) is 2.91. The molecule has 1 aliphatic heterocycles. The Bertz CT molecular complexity index is 401. The summed E-state index contributed by atoms with van der Waals surface area (Å²) in [6.45, 7) is 4.47. The lowest BCUT2D eigenvalue weighted by Crippen LogP contribution is -2.24. The zero-order valence-electron chi connectivity index (χ0n) is 10.7. The summed E-state index contributed by atoms with van der Waals surface area (Å²) in [6.07, 6.45) is 1.89. The average molecular weight is 248 g/mol. The van der Waals surface area contributed by atoms with Crippen LogP contribution in [0, 0.1) is 5.92 Å². The molecule has 0 spiro atoms. The van der Waals surface area contributed by atoms with Gasteiger partial charge in [0.1, 0.15) is 5.75 Å². The van der Waals surface area contributed by atoms with E-state index in [4.69, 9.17) is 4.74 Å². The van der Waals surface area contributed by atoms with Gasteiger partial charge in [-0.25, -0.2) is 0 Å². The first-order valence-electron chi connectivity index (χ1n) is 6.54. The SMILES string of the molecule is CCCOc1cccc(NC(=O)C2CCNC2)c1. The Morgan fingerprint density at radius 3 is 3.17 bits per heavy atom. The molecule has 0 aromatic heterocycles. The van der Waals surface area contributed by atoms with E-state index in [1.807, 2.05) is 24.3 Å². The van der Waals surface area contributed by atoms with Gasteiger partial charge in [0.05, 0.1) is 12.5 Å². The highest BCUT2D eigenvalue weighted by Gasteiger charge is 2.22. The molecule has 4 nitrogen and oxygen atoms in total. The first-order valence-corrected chi connectivity index (χ1v) is 6.54. The number of ether oxygens (including phenoxy) is 1. The quantitative estimate of drug-likeness (QED) is 0.838. The standard InChI is InChI=1S/C14H20N2O2/c1-2-8-18-13-5-3-4-12(9-13)16-14(17)11-6-7-15-10-11/h3-5,9,11,15H,2,6-8,10H2,1H3,(H,16,17). The lowest BCUT2D eigenvalue weighted by Gasteiger charge is -2.11. The van der Waals surface area contributed by atoms with Crippen molar-refractivity contribution in [3.63, 3.8) is 0 Å². The van der Waals surface area contributed by atoms with Crippen molar-refractivity contribution in [2.75, 3.05) is 25.0 Å². The third-order valence-corrected chi connectivity index (χ3v) is 3.01. The first kappa shape index (κ1) is 12.9. The fraction of sp³-hybridized carbons (Fsp3) is 0.500. The van der Waals surface area contributed by atoms with Crippen molar-refractivity contribution < 1.29 is 9.53 Å². The molecule has 1 atom stereocenters. The van der Waals surface area contributed by atoms with Gasteiger partial charge in [0, 0.05) is 18.3 Å². The minimum Gasteiger partial charge on any atom is -0.494 e. The molecule has 1 unspecified atom stereocenters. The molecule has 0 bridgehead atoms. The second kappa shape index (κ2) is 6.40. The molecule has 1 aliphatic rings. The summed E-state index contributed by atoms with van der Waals surface area (Å²) in [6, 6.07) is 7.56. The van der Waals surface area contributed by atoms with Crippen LogP contribution in [0.1, 0.15) is 19.8 Å². The fourth-order valence-electron chi connectivity index (χ4n) is 2.01. The van der Waals surface area contributed by atoms with Crippen LogP contribution in [0.4, 0.5) is 5.69 Å². The number of nitrogens with one attached hydrogen (secondary N) is 2. The third kappa shape index (κ3) is 3.47. The van der Waals surface area contributed by atoms with Crippen molar-refractivity contribution in [1.82, 2.24) is 5.32 Å². The van der Waals surface area contributed by atoms with Crippen LogP contribution in [-0.2, 0) is 4.79 Å². The second-order valence-electron chi connectivity index (χ2n) is 4.56. The highest BCUT2D eigenvalue weighted by atomic mass is 16.5. The Kier molecular flexibility index (Phi) is 4.59. The maximum absolute atomic E-state index is 11.9. The van der Waals surface area contributed by atoms with Gasteiger partial charge >= 0.3 is 0 Å². The van der Waals surface area contributed by atoms with E-state index in [9.17, 15) is 4.79 Å². The highest BCUT2D eigenvalue weighted by molar-refractivity contribution is 5.93. The summed E-state index contributed by atoms with van der Waals surface area (Å²) in [5.41, 5.74) is 0.806. The van der Waals surface area contributed by atoms with E-state index in [1.54, 1.807) is 0 Å². The van der Waals surface area contributed by atoms with Gasteiger partial charge in [-0.05, 0) is 31.5 Å². The molecule has 1 aromatic rings. The number of amides is 1. The Hall–Kier alpha value is -1.55. The van der Waals surface area contributed by atoms with Crippen LogP contribution < -0.4 is 15.4 Å². The minimum absolute atomic E-state index is 0.0882. The van der Waals surface area contributed by atoms with Crippen LogP contribution in [0.3, 0.4) is 0 Å². The van der Waals surface area contributed by atoms with E-state index in [-0.39, 0.29) is 11.8 Å². The molecule has 1 saturated heterocycles. The van der Waals surface area contributed by atoms with Gasteiger partial charge in [0.2, 0.25) is 5.91 Å². The highest BCUT2D eigenvalue weighted by Crippen LogP contribution is 2.19. The van der Waals surface area contributed by atoms with E-state index < -0.39 is 0 Å². The van der Waals surface area contributed by atoms with Gasteiger partial charge in [0.15, 0.2) is 0 Å².